The number of esters is 1. The summed E-state index contributed by atoms with van der Waals surface area (Å²) in [7, 11) is 0. The van der Waals surface area contributed by atoms with Crippen molar-refractivity contribution in [3.8, 4) is 5.75 Å². The number of aryl methyl sites for hydroxylation is 2. The van der Waals surface area contributed by atoms with Crippen LogP contribution in [0.25, 0.3) is 0 Å². The molecular weight excluding hydrogens is 418 g/mol. The Hall–Kier alpha value is -3.74. The Labute approximate surface area is 191 Å². The summed E-state index contributed by atoms with van der Waals surface area (Å²) in [4.78, 5) is 39.4. The predicted molar refractivity (Wildman–Crippen MR) is 123 cm³/mol. The van der Waals surface area contributed by atoms with E-state index in [0.717, 1.165) is 19.0 Å². The van der Waals surface area contributed by atoms with Gasteiger partial charge in [0.15, 0.2) is 5.69 Å². The molecule has 2 aromatic carbocycles. The van der Waals surface area contributed by atoms with Crippen molar-refractivity contribution in [1.82, 2.24) is 14.7 Å². The van der Waals surface area contributed by atoms with Gasteiger partial charge in [-0.3, -0.25) is 19.1 Å². The highest BCUT2D eigenvalue weighted by molar-refractivity contribution is 5.96. The highest BCUT2D eigenvalue weighted by Gasteiger charge is 2.41. The summed E-state index contributed by atoms with van der Waals surface area (Å²) in [6, 6.07) is 16.5. The van der Waals surface area contributed by atoms with Crippen molar-refractivity contribution in [2.75, 3.05) is 13.1 Å². The van der Waals surface area contributed by atoms with Crippen molar-refractivity contribution in [3.63, 3.8) is 0 Å². The summed E-state index contributed by atoms with van der Waals surface area (Å²) >= 11 is 0. The molecule has 2 heterocycles. The van der Waals surface area contributed by atoms with Gasteiger partial charge in [-0.05, 0) is 42.0 Å². The third-order valence-electron chi connectivity index (χ3n) is 6.64. The number of likely N-dealkylation sites (N-methyl/N-ethyl adjacent to an activating group) is 1. The number of carbonyl (C=O) groups is 2. The fourth-order valence-electron chi connectivity index (χ4n) is 5.18. The first-order valence-corrected chi connectivity index (χ1v) is 11.2. The van der Waals surface area contributed by atoms with Gasteiger partial charge in [-0.2, -0.15) is 5.10 Å². The van der Waals surface area contributed by atoms with Crippen LogP contribution in [0.3, 0.4) is 0 Å². The summed E-state index contributed by atoms with van der Waals surface area (Å²) in [5, 5.41) is 4.40. The monoisotopic (exact) mass is 443 g/mol. The van der Waals surface area contributed by atoms with Crippen LogP contribution in [-0.2, 0) is 17.6 Å². The fourth-order valence-corrected chi connectivity index (χ4v) is 5.18. The van der Waals surface area contributed by atoms with Crippen LogP contribution in [0.1, 0.15) is 58.5 Å². The van der Waals surface area contributed by atoms with Crippen LogP contribution in [0.4, 0.5) is 0 Å². The number of nitrogens with zero attached hydrogens (tertiary/aromatic N) is 3. The number of benzene rings is 2. The van der Waals surface area contributed by atoms with Gasteiger partial charge in [0.2, 0.25) is 11.2 Å². The molecule has 0 bridgehead atoms. The summed E-state index contributed by atoms with van der Waals surface area (Å²) in [6.07, 6.45) is 2.99. The molecule has 0 fully saturated rings. The quantitative estimate of drug-likeness (QED) is 0.581. The summed E-state index contributed by atoms with van der Waals surface area (Å²) < 4.78 is 6.86. The molecule has 0 saturated carbocycles. The second kappa shape index (κ2) is 8.31. The number of ether oxygens (including phenoxy) is 1. The molecule has 33 heavy (non-hydrogen) atoms. The van der Waals surface area contributed by atoms with Gasteiger partial charge >= 0.3 is 5.97 Å². The number of hydrogen-bond acceptors (Lipinski definition) is 5. The van der Waals surface area contributed by atoms with E-state index in [1.165, 1.54) is 29.2 Å². The SMILES string of the molecule is CCN1C[C@H](C2c3ccccc3CCc3ccccc32)n2ncc(=O)c(OC(C)=O)c2C1=O. The molecule has 0 spiro atoms. The molecule has 5 rings (SSSR count). The van der Waals surface area contributed by atoms with E-state index in [1.807, 2.05) is 19.1 Å². The van der Waals surface area contributed by atoms with Gasteiger partial charge in [-0.15, -0.1) is 0 Å². The van der Waals surface area contributed by atoms with Crippen molar-refractivity contribution >= 4 is 11.9 Å². The molecule has 0 saturated heterocycles. The van der Waals surface area contributed by atoms with E-state index in [1.54, 1.807) is 9.58 Å². The van der Waals surface area contributed by atoms with Crippen LogP contribution in [0.15, 0.2) is 59.5 Å². The minimum atomic E-state index is -0.649. The highest BCUT2D eigenvalue weighted by atomic mass is 16.5. The molecule has 1 aliphatic carbocycles. The van der Waals surface area contributed by atoms with Crippen molar-refractivity contribution < 1.29 is 14.3 Å². The van der Waals surface area contributed by atoms with Gasteiger partial charge < -0.3 is 9.64 Å². The van der Waals surface area contributed by atoms with E-state index in [0.29, 0.717) is 13.1 Å². The average Bonchev–Trinajstić information content (AvgIpc) is 2.98. The summed E-state index contributed by atoms with van der Waals surface area (Å²) in [6.45, 7) is 4.02. The standard InChI is InChI=1S/C26H25N3O4/c1-3-28-15-21(29-24(26(28)32)25(33-16(2)30)22(31)14-27-29)23-19-10-6-4-8-17(19)12-13-18-9-5-7-11-20(18)23/h4-11,14,21,23H,3,12-13,15H2,1-2H3/t21-/m1/s1. The van der Waals surface area contributed by atoms with E-state index >= 15 is 0 Å². The van der Waals surface area contributed by atoms with Crippen molar-refractivity contribution in [3.05, 3.63) is 92.9 Å². The lowest BCUT2D eigenvalue weighted by Crippen LogP contribution is -2.47. The number of fused-ring (bicyclic) bond motifs is 3. The number of carbonyl (C=O) groups excluding carboxylic acids is 2. The van der Waals surface area contributed by atoms with Gasteiger partial charge in [-0.25, -0.2) is 0 Å². The van der Waals surface area contributed by atoms with Crippen molar-refractivity contribution in [1.29, 1.82) is 0 Å². The van der Waals surface area contributed by atoms with E-state index in [4.69, 9.17) is 4.74 Å². The Balaban J connectivity index is 1.78. The maximum atomic E-state index is 13.3. The van der Waals surface area contributed by atoms with E-state index in [9.17, 15) is 14.4 Å². The molecule has 2 aliphatic rings. The predicted octanol–water partition coefficient (Wildman–Crippen LogP) is 3.12. The van der Waals surface area contributed by atoms with E-state index < -0.39 is 11.4 Å². The molecule has 7 nitrogen and oxygen atoms in total. The van der Waals surface area contributed by atoms with Gasteiger partial charge in [0.05, 0.1) is 12.2 Å². The molecule has 168 valence electrons. The average molecular weight is 444 g/mol. The number of hydrogen-bond donors (Lipinski definition) is 0. The number of rotatable bonds is 3. The van der Waals surface area contributed by atoms with Crippen molar-refractivity contribution in [2.24, 2.45) is 0 Å². The van der Waals surface area contributed by atoms with Gasteiger partial charge in [-0.1, -0.05) is 48.5 Å². The first-order valence-electron chi connectivity index (χ1n) is 11.2. The molecule has 1 atom stereocenters. The van der Waals surface area contributed by atoms with Gasteiger partial charge in [0.1, 0.15) is 0 Å². The molecule has 0 radical (unpaired) electrons. The largest absolute Gasteiger partial charge is 0.420 e. The second-order valence-corrected chi connectivity index (χ2v) is 8.51. The summed E-state index contributed by atoms with van der Waals surface area (Å²) in [5.41, 5.74) is 4.37. The van der Waals surface area contributed by atoms with Crippen molar-refractivity contribution in [2.45, 2.75) is 38.6 Å². The molecule has 0 unspecified atom stereocenters. The highest BCUT2D eigenvalue weighted by Crippen LogP contribution is 2.43. The molecule has 3 aromatic rings. The maximum absolute atomic E-state index is 13.3. The lowest BCUT2D eigenvalue weighted by molar-refractivity contribution is -0.132. The van der Waals surface area contributed by atoms with Crippen LogP contribution in [0.5, 0.6) is 5.75 Å². The lowest BCUT2D eigenvalue weighted by atomic mass is 9.81. The van der Waals surface area contributed by atoms with Crippen LogP contribution >= 0.6 is 0 Å². The molecule has 1 amide bonds. The number of amides is 1. The van der Waals surface area contributed by atoms with Crippen LogP contribution < -0.4 is 10.2 Å². The minimum absolute atomic E-state index is 0.0370. The Bertz CT molecular complexity index is 1270. The van der Waals surface area contributed by atoms with Gasteiger partial charge in [0, 0.05) is 25.9 Å². The Kier molecular flexibility index (Phi) is 5.32. The van der Waals surface area contributed by atoms with E-state index in [2.05, 4.69) is 41.5 Å². The lowest BCUT2D eigenvalue weighted by Gasteiger charge is -2.39. The molecule has 0 N–H and O–H groups in total. The fraction of sp³-hybridized carbons (Fsp3) is 0.308. The number of aromatic nitrogens is 2. The normalized spacial score (nSPS) is 17.6. The molecule has 7 heteroatoms. The molecular formula is C26H25N3O4. The Morgan fingerprint density at radius 3 is 2.21 bits per heavy atom. The Morgan fingerprint density at radius 2 is 1.64 bits per heavy atom. The van der Waals surface area contributed by atoms with Gasteiger partial charge in [0.25, 0.3) is 5.91 Å². The molecule has 1 aliphatic heterocycles. The Morgan fingerprint density at radius 1 is 1.03 bits per heavy atom. The van der Waals surface area contributed by atoms with Crippen LogP contribution in [0, 0.1) is 0 Å². The van der Waals surface area contributed by atoms with Crippen LogP contribution in [0.2, 0.25) is 0 Å². The minimum Gasteiger partial charge on any atom is -0.420 e. The van der Waals surface area contributed by atoms with E-state index in [-0.39, 0.29) is 29.3 Å². The topological polar surface area (TPSA) is 81.5 Å². The van der Waals surface area contributed by atoms with Crippen LogP contribution in [-0.4, -0.2) is 39.6 Å². The first kappa shape index (κ1) is 21.1. The third-order valence-corrected chi connectivity index (χ3v) is 6.64. The third kappa shape index (κ3) is 3.53. The maximum Gasteiger partial charge on any atom is 0.308 e. The first-order chi connectivity index (χ1) is 16.0. The summed E-state index contributed by atoms with van der Waals surface area (Å²) in [5.74, 6) is -1.34. The molecule has 1 aromatic heterocycles. The second-order valence-electron chi connectivity index (χ2n) is 8.51. The zero-order chi connectivity index (χ0) is 23.1. The smallest absolute Gasteiger partial charge is 0.308 e. The zero-order valence-electron chi connectivity index (χ0n) is 18.7. The zero-order valence-corrected chi connectivity index (χ0v) is 18.7.